The van der Waals surface area contributed by atoms with Crippen LogP contribution in [0.1, 0.15) is 0 Å². The number of nitrogens with zero attached hydrogens (tertiary/aromatic N) is 7. The van der Waals surface area contributed by atoms with Crippen molar-refractivity contribution in [2.45, 2.75) is 0 Å². The fraction of sp³-hybridized carbons (Fsp3) is 0. The Labute approximate surface area is 581 Å². The average Bonchev–Trinajstić information content (AvgIpc) is 1.61. The van der Waals surface area contributed by atoms with Crippen LogP contribution in [0, 0.1) is 0 Å². The lowest BCUT2D eigenvalue weighted by Crippen LogP contribution is -2.10. The third-order valence-electron chi connectivity index (χ3n) is 15.3. The molecule has 12 aromatic carbocycles. The molecule has 0 bridgehead atoms. The van der Waals surface area contributed by atoms with Crippen molar-refractivity contribution in [1.29, 1.82) is 0 Å². The quantitative estimate of drug-likeness (QED) is 0.0412. The maximum atomic E-state index is 7.42. The van der Waals surface area contributed by atoms with E-state index in [2.05, 4.69) is 315 Å². The summed E-state index contributed by atoms with van der Waals surface area (Å²) in [7, 11) is 0. The Morgan fingerprint density at radius 2 is 0.616 bits per heavy atom. The molecule has 99 heavy (non-hydrogen) atoms. The minimum absolute atomic E-state index is 0.493. The molecular formula is C76H54Br2N8O13. The van der Waals surface area contributed by atoms with Gasteiger partial charge in [0, 0.05) is 88.1 Å². The minimum Gasteiger partial charge on any atom is -0.416 e. The Morgan fingerprint density at radius 1 is 0.313 bits per heavy atom. The summed E-state index contributed by atoms with van der Waals surface area (Å²) in [5.74, 6) is 2.07. The lowest BCUT2D eigenvalue weighted by molar-refractivity contribution is -0.851. The van der Waals surface area contributed by atoms with Crippen LogP contribution < -0.4 is 10.2 Å². The van der Waals surface area contributed by atoms with E-state index < -0.39 is 0 Å². The van der Waals surface area contributed by atoms with E-state index in [0.717, 1.165) is 60.9 Å². The molecule has 0 aliphatic heterocycles. The van der Waals surface area contributed by atoms with Gasteiger partial charge in [0.1, 0.15) is 16.3 Å². The van der Waals surface area contributed by atoms with Crippen molar-refractivity contribution in [3.8, 4) is 57.2 Å². The van der Waals surface area contributed by atoms with Gasteiger partial charge in [0.2, 0.25) is 23.6 Å². The summed E-state index contributed by atoms with van der Waals surface area (Å²) < 4.78 is 21.0. The van der Waals surface area contributed by atoms with Crippen molar-refractivity contribution < 1.29 is 63.4 Å². The number of fused-ring (bicyclic) bond motifs is 6. The molecule has 0 amide bonds. The first-order valence-electron chi connectivity index (χ1n) is 30.4. The predicted molar refractivity (Wildman–Crippen MR) is 380 cm³/mol. The number of hydrogen-bond acceptors (Lipinski definition) is 19. The molecule has 0 unspecified atom stereocenters. The highest BCUT2D eigenvalue weighted by atomic mass is 79.9. The Kier molecular flexibility index (Phi) is 22.1. The molecule has 4 heterocycles. The number of para-hydroxylation sites is 6. The van der Waals surface area contributed by atoms with Crippen LogP contribution in [0.3, 0.4) is 0 Å². The molecule has 0 aliphatic carbocycles. The highest BCUT2D eigenvalue weighted by Gasteiger charge is 2.18. The maximum Gasteiger partial charge on any atom is 0.248 e. The van der Waals surface area contributed by atoms with Gasteiger partial charge >= 0.3 is 0 Å². The van der Waals surface area contributed by atoms with Crippen molar-refractivity contribution >= 4 is 104 Å². The highest BCUT2D eigenvalue weighted by molar-refractivity contribution is 9.10. The highest BCUT2D eigenvalue weighted by Crippen LogP contribution is 2.39. The molecule has 0 saturated heterocycles. The first-order chi connectivity index (χ1) is 49.0. The van der Waals surface area contributed by atoms with Gasteiger partial charge in [-0.1, -0.05) is 162 Å². The van der Waals surface area contributed by atoms with Gasteiger partial charge in [-0.15, -0.1) is 24.4 Å². The van der Waals surface area contributed by atoms with Crippen LogP contribution in [-0.2, 0) is 49.3 Å². The van der Waals surface area contributed by atoms with Gasteiger partial charge in [0.05, 0.1) is 22.1 Å². The standard InChI is InChI=1S/C38H26N4O.C24H18N2.C14H9BrN2O.BrHO11/c1-3-11-27(12-4-1)37-39-40-38(43-37)28-19-21-30(22-20-28)41(29-13-5-2-6-14-29)31-23-25-32(26-24-31)42-35-17-9-7-15-33(35)34-16-8-10-18-36(34)42;1-2-8-18(9-3-1)25-19-14-16-20(17-15-19)26-23-12-6-4-10-21(23)22-11-5-7-13-24(22)26;15-12-8-6-11(7-9-12)14-17-16-13(18-14)10-4-2-1-3-5-10;1-3-5-7-9-11-12-10-8-6-4-2/h1-26H;1-17,25H;1-9H;2H. The van der Waals surface area contributed by atoms with Crippen LogP contribution in [0.15, 0.2) is 329 Å². The summed E-state index contributed by atoms with van der Waals surface area (Å²) in [4.78, 5) is 2.25. The SMILES string of the molecule is Brc1ccc(-c2nnc(-c3ccccc3)o2)cc1.OOOOOOOOOOOBr.c1ccc(-c2nnc(-c3ccc(N(c4ccccc4)c4ccc(-n5c6ccccc6c6ccccc65)cc4)cc3)o2)cc1.c1ccc(Nc2ccc(-n3c4ccccc4c4ccccc43)cc2)cc1. The third-order valence-corrected chi connectivity index (χ3v) is 16.0. The van der Waals surface area contributed by atoms with Crippen LogP contribution in [0.2, 0.25) is 0 Å². The maximum absolute atomic E-state index is 7.42. The second-order valence-corrected chi connectivity index (χ2v) is 22.4. The van der Waals surface area contributed by atoms with E-state index in [0.29, 0.717) is 23.6 Å². The van der Waals surface area contributed by atoms with E-state index in [1.807, 2.05) is 121 Å². The van der Waals surface area contributed by atoms with E-state index >= 15 is 0 Å². The van der Waals surface area contributed by atoms with E-state index in [1.165, 1.54) is 49.3 Å². The van der Waals surface area contributed by atoms with Gasteiger partial charge in [-0.25, -0.2) is 5.26 Å². The molecule has 0 radical (unpaired) electrons. The van der Waals surface area contributed by atoms with Crippen LogP contribution in [0.4, 0.5) is 28.4 Å². The predicted octanol–water partition coefficient (Wildman–Crippen LogP) is 20.8. The number of anilines is 5. The molecule has 490 valence electrons. The molecule has 21 nitrogen and oxygen atoms in total. The molecule has 0 atom stereocenters. The number of rotatable bonds is 20. The zero-order valence-corrected chi connectivity index (χ0v) is 54.9. The van der Waals surface area contributed by atoms with Crippen molar-refractivity contribution in [3.05, 3.63) is 320 Å². The summed E-state index contributed by atoms with van der Waals surface area (Å²) in [5, 5.41) is 63.0. The van der Waals surface area contributed by atoms with Crippen molar-refractivity contribution in [1.82, 2.24) is 29.5 Å². The monoisotopic (exact) mass is 1440 g/mol. The topological polar surface area (TPSA) is 216 Å². The largest absolute Gasteiger partial charge is 0.416 e. The summed E-state index contributed by atoms with van der Waals surface area (Å²) >= 11 is 5.70. The number of nitrogens with one attached hydrogen (secondary N) is 1. The first-order valence-corrected chi connectivity index (χ1v) is 31.8. The van der Waals surface area contributed by atoms with Gasteiger partial charge in [-0.3, -0.25) is 0 Å². The van der Waals surface area contributed by atoms with Crippen molar-refractivity contribution in [3.63, 3.8) is 0 Å². The van der Waals surface area contributed by atoms with Crippen molar-refractivity contribution in [2.75, 3.05) is 10.2 Å². The summed E-state index contributed by atoms with van der Waals surface area (Å²) in [6, 6.07) is 108. The molecule has 4 aromatic heterocycles. The zero-order valence-electron chi connectivity index (χ0n) is 51.8. The van der Waals surface area contributed by atoms with Gasteiger partial charge < -0.3 is 28.2 Å². The van der Waals surface area contributed by atoms with Crippen molar-refractivity contribution in [2.24, 2.45) is 0 Å². The number of benzene rings is 12. The van der Waals surface area contributed by atoms with Crippen LogP contribution in [-0.4, -0.2) is 34.8 Å². The normalized spacial score (nSPS) is 11.0. The van der Waals surface area contributed by atoms with Crippen LogP contribution in [0.5, 0.6) is 0 Å². The number of aromatic nitrogens is 6. The lowest BCUT2D eigenvalue weighted by atomic mass is 10.1. The summed E-state index contributed by atoms with van der Waals surface area (Å²) in [5.41, 5.74) is 16.1. The zero-order chi connectivity index (χ0) is 67.4. The summed E-state index contributed by atoms with van der Waals surface area (Å²) in [6.07, 6.45) is 0. The molecule has 0 fully saturated rings. The van der Waals surface area contributed by atoms with Crippen LogP contribution in [0.25, 0.3) is 101 Å². The molecule has 0 spiro atoms. The Hall–Kier alpha value is -11.4. The molecular weight excluding hydrogens is 1390 g/mol. The number of hydrogen-bond donors (Lipinski definition) is 2. The fourth-order valence-corrected chi connectivity index (χ4v) is 11.4. The molecule has 0 saturated carbocycles. The van der Waals surface area contributed by atoms with Gasteiger partial charge in [-0.05, 0) is 215 Å². The Balaban J connectivity index is 0.000000133. The van der Waals surface area contributed by atoms with E-state index in [9.17, 15) is 0 Å². The van der Waals surface area contributed by atoms with Gasteiger partial charge in [0.25, 0.3) is 0 Å². The minimum atomic E-state index is 0.493. The van der Waals surface area contributed by atoms with Gasteiger partial charge in [0.15, 0.2) is 0 Å². The fourth-order valence-electron chi connectivity index (χ4n) is 11.1. The van der Waals surface area contributed by atoms with E-state index in [4.69, 9.17) is 14.1 Å². The molecule has 16 rings (SSSR count). The van der Waals surface area contributed by atoms with Crippen LogP contribution >= 0.6 is 32.2 Å². The lowest BCUT2D eigenvalue weighted by Gasteiger charge is -2.26. The molecule has 23 heteroatoms. The Morgan fingerprint density at radius 3 is 1.02 bits per heavy atom. The smallest absolute Gasteiger partial charge is 0.248 e. The van der Waals surface area contributed by atoms with E-state index in [-0.39, 0.29) is 0 Å². The molecule has 2 N–H and O–H groups in total. The van der Waals surface area contributed by atoms with E-state index in [1.54, 1.807) is 0 Å². The molecule has 16 aromatic rings. The second kappa shape index (κ2) is 33.1. The Bertz CT molecular complexity index is 5060. The number of halogens is 2. The summed E-state index contributed by atoms with van der Waals surface area (Å²) in [6.45, 7) is 0. The second-order valence-electron chi connectivity index (χ2n) is 21.3. The molecule has 0 aliphatic rings. The third kappa shape index (κ3) is 16.2. The van der Waals surface area contributed by atoms with Gasteiger partial charge in [-0.2, -0.15) is 0 Å². The average molecular weight is 1450 g/mol. The first kappa shape index (κ1) is 66.3.